The Labute approximate surface area is 350 Å². The molecule has 1 unspecified atom stereocenters. The van der Waals surface area contributed by atoms with Crippen LogP contribution in [0.4, 0.5) is 0 Å². The monoisotopic (exact) mass is 783 g/mol. The van der Waals surface area contributed by atoms with Crippen LogP contribution in [0.25, 0.3) is 11.1 Å². The number of ether oxygens (including phenoxy) is 3. The molecule has 4 nitrogen and oxygen atoms in total. The van der Waals surface area contributed by atoms with E-state index in [-0.39, 0.29) is 12.1 Å². The van der Waals surface area contributed by atoms with Crippen molar-refractivity contribution in [2.24, 2.45) is 0 Å². The highest BCUT2D eigenvalue weighted by Crippen LogP contribution is 2.26. The van der Waals surface area contributed by atoms with Crippen LogP contribution in [-0.4, -0.2) is 19.2 Å². The minimum absolute atomic E-state index is 0.0804. The quantitative estimate of drug-likeness (QED) is 0.0335. The number of carbonyl (C=O) groups is 1. The fourth-order valence-electron chi connectivity index (χ4n) is 7.65. The first-order valence-electron chi connectivity index (χ1n) is 23.9. The molecule has 0 fully saturated rings. The summed E-state index contributed by atoms with van der Waals surface area (Å²) in [6, 6.07) is 23.6. The number of hydrogen-bond donors (Lipinski definition) is 0. The Hall–Kier alpha value is -3.11. The van der Waals surface area contributed by atoms with E-state index in [1.165, 1.54) is 173 Å². The van der Waals surface area contributed by atoms with Crippen molar-refractivity contribution in [2.75, 3.05) is 13.2 Å². The Balaban J connectivity index is 1.19. The van der Waals surface area contributed by atoms with Crippen LogP contribution < -0.4 is 9.47 Å². The van der Waals surface area contributed by atoms with Crippen molar-refractivity contribution < 1.29 is 19.0 Å². The molecule has 3 aromatic rings. The molecular formula is C53H82O4. The van der Waals surface area contributed by atoms with Gasteiger partial charge in [-0.2, -0.15) is 0 Å². The zero-order valence-corrected chi connectivity index (χ0v) is 36.9. The number of unbranched alkanes of at least 4 members (excludes halogenated alkanes) is 26. The third-order valence-electron chi connectivity index (χ3n) is 11.5. The molecule has 0 aliphatic heterocycles. The fourth-order valence-corrected chi connectivity index (χ4v) is 7.65. The summed E-state index contributed by atoms with van der Waals surface area (Å²) in [5.41, 5.74) is 3.91. The molecule has 0 amide bonds. The zero-order chi connectivity index (χ0) is 40.4. The maximum Gasteiger partial charge on any atom is 0.343 e. The van der Waals surface area contributed by atoms with Gasteiger partial charge in [-0.15, -0.1) is 0 Å². The number of hydrogen-bond acceptors (Lipinski definition) is 4. The highest BCUT2D eigenvalue weighted by atomic mass is 16.5. The Kier molecular flexibility index (Phi) is 27.8. The molecule has 3 aromatic carbocycles. The molecule has 0 spiro atoms. The first-order valence-corrected chi connectivity index (χ1v) is 23.9. The second-order valence-electron chi connectivity index (χ2n) is 16.6. The Morgan fingerprint density at radius 3 is 1.19 bits per heavy atom. The molecular weight excluding hydrogens is 701 g/mol. The van der Waals surface area contributed by atoms with Gasteiger partial charge in [0.05, 0.1) is 18.3 Å². The highest BCUT2D eigenvalue weighted by molar-refractivity contribution is 5.91. The Morgan fingerprint density at radius 1 is 0.421 bits per heavy atom. The molecule has 1 atom stereocenters. The number of carbonyl (C=O) groups excluding carboxylic acids is 1. The lowest BCUT2D eigenvalue weighted by Crippen LogP contribution is -2.08. The Morgan fingerprint density at radius 2 is 0.772 bits per heavy atom. The first kappa shape index (κ1) is 48.3. The predicted octanol–water partition coefficient (Wildman–Crippen LogP) is 17.0. The standard InChI is InChI=1S/C53H82O4/c1-4-6-8-10-12-14-16-17-18-19-20-21-22-23-25-26-28-30-44-55-46(3)47-32-34-48(35-33-47)49-36-42-52(43-37-49)57-53(54)50-38-40-51(41-39-50)56-45-31-29-27-24-15-13-11-9-7-5-2/h32-43,46H,4-31,44-45H2,1-3H3. The average molecular weight is 783 g/mol. The van der Waals surface area contributed by atoms with Crippen molar-refractivity contribution in [1.82, 2.24) is 0 Å². The van der Waals surface area contributed by atoms with Crippen LogP contribution in [0, 0.1) is 0 Å². The number of rotatable bonds is 36. The second-order valence-corrected chi connectivity index (χ2v) is 16.6. The van der Waals surface area contributed by atoms with Crippen molar-refractivity contribution in [2.45, 2.75) is 207 Å². The van der Waals surface area contributed by atoms with E-state index in [1.54, 1.807) is 12.1 Å². The van der Waals surface area contributed by atoms with Crippen LogP contribution in [0.2, 0.25) is 0 Å². The Bertz CT molecular complexity index is 1360. The van der Waals surface area contributed by atoms with Crippen LogP contribution in [-0.2, 0) is 4.74 Å². The number of benzene rings is 3. The first-order chi connectivity index (χ1) is 28.1. The van der Waals surface area contributed by atoms with Crippen LogP contribution >= 0.6 is 0 Å². The van der Waals surface area contributed by atoms with E-state index in [0.717, 1.165) is 36.3 Å². The zero-order valence-electron chi connectivity index (χ0n) is 36.9. The summed E-state index contributed by atoms with van der Waals surface area (Å²) < 4.78 is 17.8. The van der Waals surface area contributed by atoms with E-state index in [2.05, 4.69) is 45.0 Å². The summed E-state index contributed by atoms with van der Waals surface area (Å²) in [7, 11) is 0. The fraction of sp³-hybridized carbons (Fsp3) is 0.642. The lowest BCUT2D eigenvalue weighted by molar-refractivity contribution is 0.0627. The lowest BCUT2D eigenvalue weighted by atomic mass is 10.0. The van der Waals surface area contributed by atoms with Gasteiger partial charge in [0.15, 0.2) is 0 Å². The smallest absolute Gasteiger partial charge is 0.343 e. The van der Waals surface area contributed by atoms with Gasteiger partial charge in [0.1, 0.15) is 11.5 Å². The molecule has 0 bridgehead atoms. The van der Waals surface area contributed by atoms with Crippen molar-refractivity contribution in [1.29, 1.82) is 0 Å². The molecule has 318 valence electrons. The lowest BCUT2D eigenvalue weighted by Gasteiger charge is -2.14. The van der Waals surface area contributed by atoms with Gasteiger partial charge in [0.2, 0.25) is 0 Å². The van der Waals surface area contributed by atoms with Gasteiger partial charge in [-0.25, -0.2) is 4.79 Å². The molecule has 57 heavy (non-hydrogen) atoms. The SMILES string of the molecule is CCCCCCCCCCCCCCCCCCCCOC(C)c1ccc(-c2ccc(OC(=O)c3ccc(OCCCCCCCCCCCC)cc3)cc2)cc1. The summed E-state index contributed by atoms with van der Waals surface area (Å²) in [4.78, 5) is 12.8. The number of esters is 1. The minimum Gasteiger partial charge on any atom is -0.494 e. The molecule has 0 aliphatic rings. The van der Waals surface area contributed by atoms with Gasteiger partial charge < -0.3 is 14.2 Å². The summed E-state index contributed by atoms with van der Waals surface area (Å²) in [6.45, 7) is 8.24. The summed E-state index contributed by atoms with van der Waals surface area (Å²) in [5.74, 6) is 0.954. The van der Waals surface area contributed by atoms with E-state index in [9.17, 15) is 4.79 Å². The maximum atomic E-state index is 12.8. The molecule has 0 N–H and O–H groups in total. The van der Waals surface area contributed by atoms with E-state index in [4.69, 9.17) is 14.2 Å². The van der Waals surface area contributed by atoms with E-state index >= 15 is 0 Å². The van der Waals surface area contributed by atoms with Crippen molar-refractivity contribution in [3.8, 4) is 22.6 Å². The molecule has 0 aliphatic carbocycles. The van der Waals surface area contributed by atoms with Gasteiger partial charge in [-0.05, 0) is 72.9 Å². The van der Waals surface area contributed by atoms with Crippen molar-refractivity contribution in [3.63, 3.8) is 0 Å². The second kappa shape index (κ2) is 32.8. The van der Waals surface area contributed by atoms with Gasteiger partial charge in [0.25, 0.3) is 0 Å². The average Bonchev–Trinajstić information content (AvgIpc) is 3.24. The molecule has 4 heteroatoms. The minimum atomic E-state index is -0.368. The van der Waals surface area contributed by atoms with E-state index < -0.39 is 0 Å². The molecule has 3 rings (SSSR count). The van der Waals surface area contributed by atoms with Crippen LogP contribution in [0.15, 0.2) is 72.8 Å². The van der Waals surface area contributed by atoms with Gasteiger partial charge in [0, 0.05) is 6.61 Å². The summed E-state index contributed by atoms with van der Waals surface area (Å²) in [5, 5.41) is 0. The predicted molar refractivity (Wildman–Crippen MR) is 244 cm³/mol. The third kappa shape index (κ3) is 23.2. The third-order valence-corrected chi connectivity index (χ3v) is 11.5. The van der Waals surface area contributed by atoms with Gasteiger partial charge in [-0.3, -0.25) is 0 Å². The normalized spacial score (nSPS) is 11.8. The molecule has 0 saturated heterocycles. The maximum absolute atomic E-state index is 12.8. The topological polar surface area (TPSA) is 44.8 Å². The van der Waals surface area contributed by atoms with E-state index in [1.807, 2.05) is 36.4 Å². The van der Waals surface area contributed by atoms with Crippen LogP contribution in [0.1, 0.15) is 223 Å². The van der Waals surface area contributed by atoms with Crippen molar-refractivity contribution >= 4 is 5.97 Å². The highest BCUT2D eigenvalue weighted by Gasteiger charge is 2.11. The molecule has 0 radical (unpaired) electrons. The van der Waals surface area contributed by atoms with Crippen LogP contribution in [0.5, 0.6) is 11.5 Å². The van der Waals surface area contributed by atoms with Crippen LogP contribution in [0.3, 0.4) is 0 Å². The summed E-state index contributed by atoms with van der Waals surface area (Å²) in [6.07, 6.45) is 38.2. The largest absolute Gasteiger partial charge is 0.494 e. The molecule has 0 heterocycles. The molecule has 0 saturated carbocycles. The van der Waals surface area contributed by atoms with Gasteiger partial charge >= 0.3 is 5.97 Å². The van der Waals surface area contributed by atoms with Crippen molar-refractivity contribution in [3.05, 3.63) is 83.9 Å². The van der Waals surface area contributed by atoms with Gasteiger partial charge in [-0.1, -0.05) is 217 Å². The molecule has 0 aromatic heterocycles. The summed E-state index contributed by atoms with van der Waals surface area (Å²) >= 11 is 0. The van der Waals surface area contributed by atoms with E-state index in [0.29, 0.717) is 17.9 Å².